The maximum absolute atomic E-state index is 12.6. The molecule has 1 unspecified atom stereocenters. The third kappa shape index (κ3) is 4.22. The number of hydrogen-bond acceptors (Lipinski definition) is 6. The molecular weight excluding hydrogens is 460 g/mol. The minimum atomic E-state index is -1.24. The van der Waals surface area contributed by atoms with Crippen LogP contribution in [-0.4, -0.2) is 47.7 Å². The third-order valence-corrected chi connectivity index (χ3v) is 6.92. The quantitative estimate of drug-likeness (QED) is 0.472. The first-order valence-electron chi connectivity index (χ1n) is 12.1. The Bertz CT molecular complexity index is 1330. The summed E-state index contributed by atoms with van der Waals surface area (Å²) in [6.45, 7) is 5.24. The summed E-state index contributed by atoms with van der Waals surface area (Å²) in [5.41, 5.74) is 1.41. The minimum Gasteiger partial charge on any atom is -0.493 e. The Hall–Kier alpha value is -3.78. The lowest BCUT2D eigenvalue weighted by Crippen LogP contribution is -2.50. The van der Waals surface area contributed by atoms with Crippen LogP contribution in [0, 0.1) is 0 Å². The molecule has 0 amide bonds. The number of hydrogen-bond donors (Lipinski definition) is 1. The van der Waals surface area contributed by atoms with Crippen molar-refractivity contribution in [3.05, 3.63) is 82.1 Å². The van der Waals surface area contributed by atoms with Crippen molar-refractivity contribution >= 4 is 5.97 Å². The fourth-order valence-corrected chi connectivity index (χ4v) is 5.33. The fraction of sp³-hybridized carbons (Fsp3) is 0.357. The van der Waals surface area contributed by atoms with Crippen LogP contribution in [0.1, 0.15) is 48.7 Å². The average molecular weight is 491 g/mol. The molecule has 2 aliphatic rings. The second kappa shape index (κ2) is 9.35. The van der Waals surface area contributed by atoms with Gasteiger partial charge in [0.2, 0.25) is 0 Å². The van der Waals surface area contributed by atoms with Gasteiger partial charge in [-0.15, -0.1) is 0 Å². The van der Waals surface area contributed by atoms with Crippen molar-refractivity contribution < 1.29 is 24.1 Å². The third-order valence-electron chi connectivity index (χ3n) is 6.92. The Kier molecular flexibility index (Phi) is 6.22. The van der Waals surface area contributed by atoms with Crippen LogP contribution in [0.2, 0.25) is 0 Å². The number of ether oxygens (including phenoxy) is 3. The summed E-state index contributed by atoms with van der Waals surface area (Å²) in [6, 6.07) is 16.8. The number of fused-ring (bicyclic) bond motifs is 6. The van der Waals surface area contributed by atoms with Gasteiger partial charge in [-0.05, 0) is 49.7 Å². The van der Waals surface area contributed by atoms with Crippen LogP contribution in [0.25, 0.3) is 11.3 Å². The van der Waals surface area contributed by atoms with Crippen LogP contribution in [0.4, 0.5) is 0 Å². The highest BCUT2D eigenvalue weighted by Gasteiger charge is 2.51. The van der Waals surface area contributed by atoms with E-state index in [-0.39, 0.29) is 23.2 Å². The molecule has 0 aliphatic carbocycles. The van der Waals surface area contributed by atoms with Gasteiger partial charge < -0.3 is 19.3 Å². The standard InChI is InChI=1S/C28H30N2O6/c1-28(2)16-25(34-3)26-21-14-19(36-13-7-12-35-18-8-5-4-6-9-18)10-11-20(21)23-15-24(31)22(27(32)33)17-29(23)30(26)28/h4-6,8-11,14-15,17,25-26H,7,12-13,16H2,1-3H3,(H,32,33)/t25?,26-/m1/s1. The van der Waals surface area contributed by atoms with Gasteiger partial charge in [0.25, 0.3) is 0 Å². The predicted octanol–water partition coefficient (Wildman–Crippen LogP) is 4.25. The molecule has 8 heteroatoms. The number of nitrogens with zero attached hydrogens (tertiary/aromatic N) is 2. The van der Waals surface area contributed by atoms with Crippen LogP contribution < -0.4 is 19.9 Å². The van der Waals surface area contributed by atoms with Gasteiger partial charge in [-0.3, -0.25) is 14.5 Å². The van der Waals surface area contributed by atoms with E-state index in [1.54, 1.807) is 7.11 Å². The zero-order valence-corrected chi connectivity index (χ0v) is 20.6. The summed E-state index contributed by atoms with van der Waals surface area (Å²) in [5, 5.41) is 11.7. The number of pyridine rings is 1. The summed E-state index contributed by atoms with van der Waals surface area (Å²) in [5.74, 6) is 0.324. The molecule has 0 saturated carbocycles. The Morgan fingerprint density at radius 3 is 2.47 bits per heavy atom. The molecule has 36 heavy (non-hydrogen) atoms. The number of aromatic nitrogens is 1. The van der Waals surface area contributed by atoms with Gasteiger partial charge in [0.15, 0.2) is 5.43 Å². The molecule has 0 radical (unpaired) electrons. The first kappa shape index (κ1) is 23.9. The van der Waals surface area contributed by atoms with Crippen molar-refractivity contribution in [3.8, 4) is 22.8 Å². The SMILES string of the molecule is COC1CC(C)(C)N2[C@@H]1c1cc(OCCCOc3ccccc3)ccc1-c1cc(=O)c(C(=O)O)cn12. The summed E-state index contributed by atoms with van der Waals surface area (Å²) >= 11 is 0. The molecule has 188 valence electrons. The number of carboxylic acid groups (broad SMARTS) is 1. The lowest BCUT2D eigenvalue weighted by atomic mass is 9.92. The smallest absolute Gasteiger partial charge is 0.341 e. The molecule has 1 saturated heterocycles. The lowest BCUT2D eigenvalue weighted by molar-refractivity contribution is 0.0694. The zero-order chi connectivity index (χ0) is 25.4. The van der Waals surface area contributed by atoms with Crippen LogP contribution >= 0.6 is 0 Å². The van der Waals surface area contributed by atoms with Crippen molar-refractivity contribution in [1.29, 1.82) is 0 Å². The van der Waals surface area contributed by atoms with Crippen molar-refractivity contribution in [3.63, 3.8) is 0 Å². The number of para-hydroxylation sites is 1. The average Bonchev–Trinajstić information content (AvgIpc) is 3.14. The van der Waals surface area contributed by atoms with E-state index < -0.39 is 11.4 Å². The highest BCUT2D eigenvalue weighted by atomic mass is 16.5. The number of rotatable bonds is 8. The maximum Gasteiger partial charge on any atom is 0.341 e. The molecule has 2 aliphatic heterocycles. The molecule has 3 aromatic rings. The van der Waals surface area contributed by atoms with Crippen molar-refractivity contribution in [2.45, 2.75) is 44.4 Å². The van der Waals surface area contributed by atoms with E-state index in [1.807, 2.05) is 53.2 Å². The molecule has 0 spiro atoms. The van der Waals surface area contributed by atoms with Crippen LogP contribution in [0.5, 0.6) is 11.5 Å². The second-order valence-electron chi connectivity index (χ2n) is 9.78. The molecule has 2 atom stereocenters. The number of carboxylic acids is 1. The normalized spacial score (nSPS) is 19.2. The van der Waals surface area contributed by atoms with Gasteiger partial charge in [-0.2, -0.15) is 0 Å². The molecule has 3 heterocycles. The molecule has 1 N–H and O–H groups in total. The number of methoxy groups -OCH3 is 1. The van der Waals surface area contributed by atoms with E-state index in [2.05, 4.69) is 18.9 Å². The van der Waals surface area contributed by atoms with Crippen LogP contribution in [0.3, 0.4) is 0 Å². The van der Waals surface area contributed by atoms with E-state index in [1.165, 1.54) is 12.3 Å². The molecule has 1 fully saturated rings. The Morgan fingerprint density at radius 2 is 1.78 bits per heavy atom. The van der Waals surface area contributed by atoms with Gasteiger partial charge in [-0.1, -0.05) is 18.2 Å². The van der Waals surface area contributed by atoms with Crippen LogP contribution in [0.15, 0.2) is 65.6 Å². The molecule has 2 aromatic carbocycles. The number of carbonyl (C=O) groups is 1. The van der Waals surface area contributed by atoms with Crippen molar-refractivity contribution in [1.82, 2.24) is 4.68 Å². The zero-order valence-electron chi connectivity index (χ0n) is 20.6. The molecule has 1 aromatic heterocycles. The van der Waals surface area contributed by atoms with Gasteiger partial charge in [0, 0.05) is 37.8 Å². The van der Waals surface area contributed by atoms with Gasteiger partial charge in [-0.25, -0.2) is 4.79 Å². The Labute approximate surface area is 209 Å². The Balaban J connectivity index is 1.44. The van der Waals surface area contributed by atoms with Crippen molar-refractivity contribution in [2.24, 2.45) is 0 Å². The predicted molar refractivity (Wildman–Crippen MR) is 136 cm³/mol. The van der Waals surface area contributed by atoms with E-state index in [9.17, 15) is 14.7 Å². The lowest BCUT2D eigenvalue weighted by Gasteiger charge is -2.44. The number of aromatic carboxylic acids is 1. The van der Waals surface area contributed by atoms with E-state index >= 15 is 0 Å². The molecule has 0 bridgehead atoms. The molecule has 5 rings (SSSR count). The second-order valence-corrected chi connectivity index (χ2v) is 9.78. The Morgan fingerprint density at radius 1 is 1.06 bits per heavy atom. The number of benzene rings is 2. The van der Waals surface area contributed by atoms with E-state index in [4.69, 9.17) is 14.2 Å². The first-order chi connectivity index (χ1) is 17.3. The molecule has 8 nitrogen and oxygen atoms in total. The molecular formula is C28H30N2O6. The minimum absolute atomic E-state index is 0.117. The van der Waals surface area contributed by atoms with Crippen LogP contribution in [-0.2, 0) is 4.74 Å². The topological polar surface area (TPSA) is 90.2 Å². The highest BCUT2D eigenvalue weighted by molar-refractivity contribution is 5.88. The first-order valence-corrected chi connectivity index (χ1v) is 12.1. The summed E-state index contributed by atoms with van der Waals surface area (Å²) in [6.07, 6.45) is 2.79. The monoisotopic (exact) mass is 490 g/mol. The van der Waals surface area contributed by atoms with E-state index in [0.717, 1.165) is 35.5 Å². The van der Waals surface area contributed by atoms with E-state index in [0.29, 0.717) is 18.9 Å². The summed E-state index contributed by atoms with van der Waals surface area (Å²) in [4.78, 5) is 24.3. The summed E-state index contributed by atoms with van der Waals surface area (Å²) in [7, 11) is 1.70. The van der Waals surface area contributed by atoms with Gasteiger partial charge in [0.05, 0.1) is 36.6 Å². The maximum atomic E-state index is 12.6. The largest absolute Gasteiger partial charge is 0.493 e. The van der Waals surface area contributed by atoms with Gasteiger partial charge >= 0.3 is 5.97 Å². The van der Waals surface area contributed by atoms with Gasteiger partial charge in [0.1, 0.15) is 17.1 Å². The fourth-order valence-electron chi connectivity index (χ4n) is 5.33. The highest BCUT2D eigenvalue weighted by Crippen LogP contribution is 2.49. The summed E-state index contributed by atoms with van der Waals surface area (Å²) < 4.78 is 19.5. The van der Waals surface area contributed by atoms with Crippen molar-refractivity contribution in [2.75, 3.05) is 25.3 Å².